The van der Waals surface area contributed by atoms with Crippen LogP contribution in [0.3, 0.4) is 0 Å². The summed E-state index contributed by atoms with van der Waals surface area (Å²) in [6.07, 6.45) is 0. The molecule has 7 nitrogen and oxygen atoms in total. The number of hydrogen-bond acceptors (Lipinski definition) is 4. The SMILES string of the molecule is CC(C)NC(=O)C(C)N(Cc1ccccc1F)C(=O)CN(c1ccccc1)S(=O)(=O)c1ccccc1. The average Bonchev–Trinajstić information content (AvgIpc) is 2.86. The van der Waals surface area contributed by atoms with Crippen molar-refractivity contribution in [2.24, 2.45) is 0 Å². The Hall–Kier alpha value is -3.72. The minimum atomic E-state index is -4.12. The number of amides is 2. The molecule has 0 heterocycles. The molecule has 0 aliphatic rings. The van der Waals surface area contributed by atoms with E-state index in [1.807, 2.05) is 0 Å². The number of para-hydroxylation sites is 1. The maximum absolute atomic E-state index is 14.5. The van der Waals surface area contributed by atoms with Crippen LogP contribution in [0.15, 0.2) is 89.8 Å². The smallest absolute Gasteiger partial charge is 0.264 e. The minimum absolute atomic E-state index is 0.0212. The van der Waals surface area contributed by atoms with Crippen LogP contribution in [0.1, 0.15) is 26.3 Å². The summed E-state index contributed by atoms with van der Waals surface area (Å²) in [6, 6.07) is 20.9. The molecule has 0 saturated carbocycles. The number of nitrogens with one attached hydrogen (secondary N) is 1. The molecule has 190 valence electrons. The highest BCUT2D eigenvalue weighted by molar-refractivity contribution is 7.92. The van der Waals surface area contributed by atoms with Gasteiger partial charge in [0, 0.05) is 18.2 Å². The zero-order chi connectivity index (χ0) is 26.3. The average molecular weight is 512 g/mol. The van der Waals surface area contributed by atoms with Gasteiger partial charge in [0.2, 0.25) is 11.8 Å². The van der Waals surface area contributed by atoms with Gasteiger partial charge in [0.1, 0.15) is 18.4 Å². The van der Waals surface area contributed by atoms with Crippen LogP contribution in [0.25, 0.3) is 0 Å². The van der Waals surface area contributed by atoms with Gasteiger partial charge in [-0.1, -0.05) is 54.6 Å². The van der Waals surface area contributed by atoms with Crippen LogP contribution in [-0.4, -0.2) is 43.8 Å². The lowest BCUT2D eigenvalue weighted by Crippen LogP contribution is -2.52. The molecule has 36 heavy (non-hydrogen) atoms. The monoisotopic (exact) mass is 511 g/mol. The molecular weight excluding hydrogens is 481 g/mol. The number of benzene rings is 3. The highest BCUT2D eigenvalue weighted by Gasteiger charge is 2.32. The molecule has 0 aliphatic heterocycles. The maximum atomic E-state index is 14.5. The zero-order valence-electron chi connectivity index (χ0n) is 20.5. The van der Waals surface area contributed by atoms with Gasteiger partial charge in [-0.25, -0.2) is 12.8 Å². The predicted molar refractivity (Wildman–Crippen MR) is 137 cm³/mol. The van der Waals surface area contributed by atoms with E-state index in [2.05, 4.69) is 5.32 Å². The lowest BCUT2D eigenvalue weighted by atomic mass is 10.1. The first-order valence-electron chi connectivity index (χ1n) is 11.6. The van der Waals surface area contributed by atoms with Crippen LogP contribution in [0.5, 0.6) is 0 Å². The molecule has 1 atom stereocenters. The Morgan fingerprint density at radius 3 is 2.00 bits per heavy atom. The van der Waals surface area contributed by atoms with E-state index in [9.17, 15) is 22.4 Å². The minimum Gasteiger partial charge on any atom is -0.352 e. The van der Waals surface area contributed by atoms with Crippen LogP contribution in [-0.2, 0) is 26.2 Å². The quantitative estimate of drug-likeness (QED) is 0.446. The Kier molecular flexibility index (Phi) is 8.82. The van der Waals surface area contributed by atoms with Gasteiger partial charge in [-0.05, 0) is 51.1 Å². The molecule has 9 heteroatoms. The Bertz CT molecular complexity index is 1280. The topological polar surface area (TPSA) is 86.8 Å². The third kappa shape index (κ3) is 6.48. The Morgan fingerprint density at radius 1 is 0.861 bits per heavy atom. The Morgan fingerprint density at radius 2 is 1.42 bits per heavy atom. The van der Waals surface area contributed by atoms with E-state index in [1.54, 1.807) is 68.4 Å². The van der Waals surface area contributed by atoms with E-state index in [0.717, 1.165) is 4.31 Å². The summed E-state index contributed by atoms with van der Waals surface area (Å²) in [5, 5.41) is 2.76. The molecule has 3 rings (SSSR count). The van der Waals surface area contributed by atoms with Crippen molar-refractivity contribution in [3.05, 3.63) is 96.3 Å². The molecule has 3 aromatic carbocycles. The van der Waals surface area contributed by atoms with E-state index < -0.39 is 40.2 Å². The Balaban J connectivity index is 2.00. The third-order valence-corrected chi connectivity index (χ3v) is 7.34. The van der Waals surface area contributed by atoms with Crippen LogP contribution < -0.4 is 9.62 Å². The highest BCUT2D eigenvalue weighted by Crippen LogP contribution is 2.24. The van der Waals surface area contributed by atoms with E-state index >= 15 is 0 Å². The van der Waals surface area contributed by atoms with Crippen molar-refractivity contribution in [3.8, 4) is 0 Å². The van der Waals surface area contributed by atoms with Crippen molar-refractivity contribution in [3.63, 3.8) is 0 Å². The zero-order valence-corrected chi connectivity index (χ0v) is 21.3. The molecule has 0 aliphatic carbocycles. The van der Waals surface area contributed by atoms with Gasteiger partial charge in [0.15, 0.2) is 0 Å². The summed E-state index contributed by atoms with van der Waals surface area (Å²) < 4.78 is 42.6. The fraction of sp³-hybridized carbons (Fsp3) is 0.259. The molecule has 0 aromatic heterocycles. The number of rotatable bonds is 10. The molecule has 0 spiro atoms. The van der Waals surface area contributed by atoms with Crippen molar-refractivity contribution in [2.45, 2.75) is 44.3 Å². The molecule has 0 radical (unpaired) electrons. The van der Waals surface area contributed by atoms with Crippen molar-refractivity contribution in [1.29, 1.82) is 0 Å². The Labute approximate surface area is 211 Å². The van der Waals surface area contributed by atoms with Gasteiger partial charge < -0.3 is 10.2 Å². The fourth-order valence-corrected chi connectivity index (χ4v) is 5.08. The normalized spacial score (nSPS) is 12.1. The second kappa shape index (κ2) is 11.8. The summed E-state index contributed by atoms with van der Waals surface area (Å²) in [6.45, 7) is 4.34. The first-order chi connectivity index (χ1) is 17.1. The van der Waals surface area contributed by atoms with Gasteiger partial charge in [-0.3, -0.25) is 13.9 Å². The lowest BCUT2D eigenvalue weighted by Gasteiger charge is -2.32. The number of sulfonamides is 1. The van der Waals surface area contributed by atoms with E-state index in [0.29, 0.717) is 5.69 Å². The van der Waals surface area contributed by atoms with Crippen molar-refractivity contribution < 1.29 is 22.4 Å². The number of halogens is 1. The lowest BCUT2D eigenvalue weighted by molar-refractivity contribution is -0.139. The summed E-state index contributed by atoms with van der Waals surface area (Å²) in [4.78, 5) is 27.7. The van der Waals surface area contributed by atoms with E-state index in [-0.39, 0.29) is 23.0 Å². The third-order valence-electron chi connectivity index (χ3n) is 5.55. The molecular formula is C27H30FN3O4S. The van der Waals surface area contributed by atoms with Crippen LogP contribution >= 0.6 is 0 Å². The molecule has 0 fully saturated rings. The molecule has 2 amide bonds. The van der Waals surface area contributed by atoms with Crippen molar-refractivity contribution >= 4 is 27.5 Å². The number of carbonyl (C=O) groups excluding carboxylic acids is 2. The largest absolute Gasteiger partial charge is 0.352 e. The molecule has 1 N–H and O–H groups in total. The second-order valence-corrected chi connectivity index (χ2v) is 10.5. The standard InChI is InChI=1S/C27H30FN3O4S/c1-20(2)29-27(33)21(3)30(18-22-12-10-11-17-25(22)28)26(32)19-31(23-13-6-4-7-14-23)36(34,35)24-15-8-5-9-16-24/h4-17,20-21H,18-19H2,1-3H3,(H,29,33). The summed E-state index contributed by atoms with van der Waals surface area (Å²) >= 11 is 0. The van der Waals surface area contributed by atoms with Crippen LogP contribution in [0.4, 0.5) is 10.1 Å². The highest BCUT2D eigenvalue weighted by atomic mass is 32.2. The number of nitrogens with zero attached hydrogens (tertiary/aromatic N) is 2. The number of anilines is 1. The second-order valence-electron chi connectivity index (χ2n) is 8.61. The fourth-order valence-electron chi connectivity index (χ4n) is 3.64. The molecule has 0 bridgehead atoms. The van der Waals surface area contributed by atoms with E-state index in [1.165, 1.54) is 42.2 Å². The molecule has 1 unspecified atom stereocenters. The van der Waals surface area contributed by atoms with Gasteiger partial charge in [0.05, 0.1) is 10.6 Å². The first kappa shape index (κ1) is 26.9. The van der Waals surface area contributed by atoms with E-state index in [4.69, 9.17) is 0 Å². The van der Waals surface area contributed by atoms with Crippen molar-refractivity contribution in [1.82, 2.24) is 10.2 Å². The predicted octanol–water partition coefficient (Wildman–Crippen LogP) is 3.96. The van der Waals surface area contributed by atoms with Crippen molar-refractivity contribution in [2.75, 3.05) is 10.8 Å². The summed E-state index contributed by atoms with van der Waals surface area (Å²) in [5.74, 6) is -1.59. The van der Waals surface area contributed by atoms with Gasteiger partial charge in [-0.2, -0.15) is 0 Å². The maximum Gasteiger partial charge on any atom is 0.264 e. The first-order valence-corrected chi connectivity index (χ1v) is 13.0. The van der Waals surface area contributed by atoms with Gasteiger partial charge in [0.25, 0.3) is 10.0 Å². The number of hydrogen-bond donors (Lipinski definition) is 1. The van der Waals surface area contributed by atoms with Crippen LogP contribution in [0, 0.1) is 5.82 Å². The summed E-state index contributed by atoms with van der Waals surface area (Å²) in [5.41, 5.74) is 0.507. The number of carbonyl (C=O) groups is 2. The van der Waals surface area contributed by atoms with Gasteiger partial charge >= 0.3 is 0 Å². The molecule has 3 aromatic rings. The summed E-state index contributed by atoms with van der Waals surface area (Å²) in [7, 11) is -4.12. The van der Waals surface area contributed by atoms with Crippen LogP contribution in [0.2, 0.25) is 0 Å². The molecule has 0 saturated heterocycles. The van der Waals surface area contributed by atoms with Gasteiger partial charge in [-0.15, -0.1) is 0 Å².